The minimum atomic E-state index is -1.81. The number of aliphatic hydroxyl groups is 1. The molecule has 24 N–H and O–H groups in total. The van der Waals surface area contributed by atoms with Gasteiger partial charge in [-0.25, -0.2) is 14.8 Å². The number of likely N-dealkylation sites (tertiary alicyclic amines) is 1. The van der Waals surface area contributed by atoms with E-state index < -0.39 is 181 Å². The Hall–Kier alpha value is -11.7. The molecule has 39 heteroatoms. The molecule has 6 rings (SSSR count). The minimum absolute atomic E-state index is 0.000160. The van der Waals surface area contributed by atoms with Crippen LogP contribution in [0.15, 0.2) is 85.8 Å². The zero-order valence-corrected chi connectivity index (χ0v) is 63.9. The van der Waals surface area contributed by atoms with Crippen molar-refractivity contribution in [3.63, 3.8) is 0 Å². The van der Waals surface area contributed by atoms with Crippen LogP contribution in [0.3, 0.4) is 0 Å². The van der Waals surface area contributed by atoms with E-state index in [0.717, 1.165) is 11.8 Å². The van der Waals surface area contributed by atoms with Crippen molar-refractivity contribution < 1.29 is 92.3 Å². The third kappa shape index (κ3) is 31.9. The SMILES string of the molecule is CC(=O)O.CC(C)CC(NC(=O)C(CO)NC(=O)C(N)Cc1cnc[nH]1)C(=O)NCC(=O)NC(CCCCN)C(=O)NC(Cc1c[nH]c2ccccc12)C(=O)NC(CC(C)C)C(=O)NCC(=O)NC(Cc1cnc[nH]1)C(=O)N1CCCC1C(=O)NC(CC(=O)O)C(=O)NC(CCCCN)C(=O)NC(Cc1ccccc1)C(=O)O. The molecule has 0 radical (unpaired) electrons. The van der Waals surface area contributed by atoms with Gasteiger partial charge in [0.15, 0.2) is 0 Å². The Balaban J connectivity index is 0.00000556. The molecule has 1 aliphatic rings. The van der Waals surface area contributed by atoms with Crippen LogP contribution in [-0.2, 0) is 97.6 Å². The number of carboxylic acid groups (broad SMARTS) is 3. The van der Waals surface area contributed by atoms with E-state index in [9.17, 15) is 82.4 Å². The van der Waals surface area contributed by atoms with Crippen LogP contribution in [0.25, 0.3) is 10.9 Å². The molecule has 5 aromatic rings. The number of hydrogen-bond donors (Lipinski definition) is 21. The van der Waals surface area contributed by atoms with Gasteiger partial charge in [-0.2, -0.15) is 0 Å². The van der Waals surface area contributed by atoms with Crippen LogP contribution in [0, 0.1) is 11.8 Å². The van der Waals surface area contributed by atoms with Gasteiger partial charge >= 0.3 is 11.9 Å². The summed E-state index contributed by atoms with van der Waals surface area (Å²) in [5, 5.41) is 66.2. The van der Waals surface area contributed by atoms with E-state index in [4.69, 9.17) is 27.1 Å². The molecule has 0 bridgehead atoms. The summed E-state index contributed by atoms with van der Waals surface area (Å²) in [6.45, 7) is 6.28. The summed E-state index contributed by atoms with van der Waals surface area (Å²) in [5.74, 6) is -14.6. The first-order valence-electron chi connectivity index (χ1n) is 37.3. The standard InChI is InChI=1S/C72H104N20O17.C2H4O2/c1-40(2)25-51(63(99)80-36-60(95)84-55(30-45-34-77-39-82-45)71(107)92-24-14-21-58(92)70(106)89-54(31-61(96)97)68(104)85-50(20-11-13-23-74)66(102)90-56(72(108)109)27-42-15-6-5-7-16-42)86-67(103)53(28-43-32-78-48-18-9-8-17-46(43)48)88-65(101)49(19-10-12-22-73)83-59(94)35-79-64(100)52(26-41(3)4)87-69(105)57(37-93)91-62(98)47(75)29-44-33-76-38-81-44;1-2(3)4/h5-9,15-18,32-34,38-41,47,49-58,78,93H,10-14,19-31,35-37,73-75H2,1-4H3,(H,76,81)(H,77,82)(H,79,100)(H,80,99)(H,83,94)(H,84,95)(H,85,104)(H,86,103)(H,87,105)(H,88,101)(H,89,106)(H,90,102)(H,91,98)(H,96,97)(H,108,109);1H3,(H,3,4). The third-order valence-corrected chi connectivity index (χ3v) is 17.9. The van der Waals surface area contributed by atoms with Crippen molar-refractivity contribution in [2.45, 2.75) is 197 Å². The number of aliphatic carboxylic acids is 3. The number of aromatic amines is 3. The molecule has 1 aliphatic heterocycles. The highest BCUT2D eigenvalue weighted by Gasteiger charge is 2.41. The van der Waals surface area contributed by atoms with Gasteiger partial charge in [0.05, 0.1) is 44.8 Å². The number of imidazole rings is 2. The molecule has 3 aromatic heterocycles. The number of para-hydroxylation sites is 1. The van der Waals surface area contributed by atoms with Gasteiger partial charge in [0.2, 0.25) is 70.9 Å². The smallest absolute Gasteiger partial charge is 0.326 e. The summed E-state index contributed by atoms with van der Waals surface area (Å²) < 4.78 is 0. The first-order chi connectivity index (χ1) is 53.8. The summed E-state index contributed by atoms with van der Waals surface area (Å²) in [6, 6.07) is 0.215. The second kappa shape index (κ2) is 47.5. The van der Waals surface area contributed by atoms with Crippen LogP contribution in [0.4, 0.5) is 0 Å². The van der Waals surface area contributed by atoms with Gasteiger partial charge in [-0.05, 0) is 106 Å². The maximum Gasteiger partial charge on any atom is 0.326 e. The predicted octanol–water partition coefficient (Wildman–Crippen LogP) is -3.21. The van der Waals surface area contributed by atoms with E-state index >= 15 is 0 Å². The lowest BCUT2D eigenvalue weighted by molar-refractivity contribution is -0.144. The second-order valence-corrected chi connectivity index (χ2v) is 28.2. The molecule has 0 aliphatic carbocycles. The molecular weight excluding hydrogens is 1470 g/mol. The minimum Gasteiger partial charge on any atom is -0.481 e. The van der Waals surface area contributed by atoms with Gasteiger partial charge < -0.3 is 116 Å². The van der Waals surface area contributed by atoms with Crippen LogP contribution < -0.4 is 75.7 Å². The van der Waals surface area contributed by atoms with Crippen molar-refractivity contribution >= 4 is 99.7 Å². The summed E-state index contributed by atoms with van der Waals surface area (Å²) in [7, 11) is 0. The number of unbranched alkanes of at least 4 members (excludes halogenated alkanes) is 2. The van der Waals surface area contributed by atoms with Crippen LogP contribution in [0.5, 0.6) is 0 Å². The average Bonchev–Trinajstić information content (AvgIpc) is 1.71. The summed E-state index contributed by atoms with van der Waals surface area (Å²) in [6.07, 6.45) is 7.56. The Kier molecular flexibility index (Phi) is 38.6. The summed E-state index contributed by atoms with van der Waals surface area (Å²) >= 11 is 0. The van der Waals surface area contributed by atoms with E-state index in [1.54, 1.807) is 88.5 Å². The molecule has 113 heavy (non-hydrogen) atoms. The highest BCUT2D eigenvalue weighted by molar-refractivity contribution is 6.00. The Morgan fingerprint density at radius 3 is 1.52 bits per heavy atom. The highest BCUT2D eigenvalue weighted by Crippen LogP contribution is 2.23. The number of nitrogens with two attached hydrogens (primary N) is 3. The number of nitrogens with one attached hydrogen (secondary N) is 14. The Morgan fingerprint density at radius 1 is 0.522 bits per heavy atom. The molecule has 11 unspecified atom stereocenters. The molecule has 2 aromatic carbocycles. The van der Waals surface area contributed by atoms with E-state index in [0.29, 0.717) is 52.7 Å². The molecule has 0 saturated carbocycles. The van der Waals surface area contributed by atoms with Gasteiger partial charge in [-0.3, -0.25) is 67.1 Å². The zero-order chi connectivity index (χ0) is 83.3. The number of carbonyl (C=O) groups is 15. The van der Waals surface area contributed by atoms with Crippen molar-refractivity contribution in [2.24, 2.45) is 29.0 Å². The summed E-state index contributed by atoms with van der Waals surface area (Å²) in [4.78, 5) is 220. The molecule has 1 saturated heterocycles. The predicted molar refractivity (Wildman–Crippen MR) is 408 cm³/mol. The monoisotopic (exact) mass is 1580 g/mol. The first kappa shape index (κ1) is 91.9. The van der Waals surface area contributed by atoms with Crippen molar-refractivity contribution in [2.75, 3.05) is 39.3 Å². The number of rotatable bonds is 47. The second-order valence-electron chi connectivity index (χ2n) is 28.2. The van der Waals surface area contributed by atoms with E-state index in [1.165, 1.54) is 25.0 Å². The van der Waals surface area contributed by atoms with Gasteiger partial charge in [-0.1, -0.05) is 76.2 Å². The third-order valence-electron chi connectivity index (χ3n) is 17.9. The number of fused-ring (bicyclic) bond motifs is 1. The van der Waals surface area contributed by atoms with Crippen LogP contribution in [0.1, 0.15) is 128 Å². The molecule has 1 fully saturated rings. The fourth-order valence-corrected chi connectivity index (χ4v) is 12.3. The number of carboxylic acids is 3. The molecule has 0 spiro atoms. The van der Waals surface area contributed by atoms with Gasteiger partial charge in [0, 0.05) is 80.0 Å². The summed E-state index contributed by atoms with van der Waals surface area (Å²) in [5.41, 5.74) is 20.3. The number of aliphatic hydroxyl groups excluding tert-OH is 1. The van der Waals surface area contributed by atoms with Gasteiger partial charge in [0.1, 0.15) is 60.4 Å². The molecule has 11 atom stereocenters. The number of amides is 12. The van der Waals surface area contributed by atoms with Crippen LogP contribution in [-0.4, -0.2) is 245 Å². The van der Waals surface area contributed by atoms with Crippen molar-refractivity contribution in [3.8, 4) is 0 Å². The van der Waals surface area contributed by atoms with Crippen molar-refractivity contribution in [3.05, 3.63) is 108 Å². The molecular formula is C74H108N20O19. The zero-order valence-electron chi connectivity index (χ0n) is 63.9. The van der Waals surface area contributed by atoms with E-state index in [2.05, 4.69) is 83.4 Å². The lowest BCUT2D eigenvalue weighted by atomic mass is 10.00. The number of aromatic nitrogens is 5. The number of benzene rings is 2. The lowest BCUT2D eigenvalue weighted by Crippen LogP contribution is -2.59. The Labute approximate surface area is 651 Å². The van der Waals surface area contributed by atoms with Crippen molar-refractivity contribution in [1.82, 2.24) is 88.3 Å². The van der Waals surface area contributed by atoms with Gasteiger partial charge in [-0.15, -0.1) is 0 Å². The van der Waals surface area contributed by atoms with Gasteiger partial charge in [0.25, 0.3) is 5.97 Å². The topological polar surface area (TPSA) is 624 Å². The number of nitrogens with zero attached hydrogens (tertiary/aromatic N) is 3. The van der Waals surface area contributed by atoms with E-state index in [-0.39, 0.29) is 102 Å². The number of carbonyl (C=O) groups excluding carboxylic acids is 12. The Morgan fingerprint density at radius 2 is 1.00 bits per heavy atom. The van der Waals surface area contributed by atoms with E-state index in [1.807, 2.05) is 0 Å². The van der Waals surface area contributed by atoms with Crippen LogP contribution >= 0.6 is 0 Å². The molecule has 4 heterocycles. The molecule has 39 nitrogen and oxygen atoms in total. The van der Waals surface area contributed by atoms with Crippen molar-refractivity contribution in [1.29, 1.82) is 0 Å². The number of H-pyrrole nitrogens is 3. The average molecular weight is 1580 g/mol. The fourth-order valence-electron chi connectivity index (χ4n) is 12.3. The molecule has 12 amide bonds. The maximum absolute atomic E-state index is 14.8. The largest absolute Gasteiger partial charge is 0.481 e. The lowest BCUT2D eigenvalue weighted by Gasteiger charge is -2.30. The maximum atomic E-state index is 14.8. The number of hydrogen-bond acceptors (Lipinski definition) is 21. The fraction of sp³-hybridized carbons (Fsp3) is 0.527. The first-order valence-corrected chi connectivity index (χ1v) is 37.3. The quantitative estimate of drug-likeness (QED) is 0.0171. The van der Waals surface area contributed by atoms with Crippen LogP contribution in [0.2, 0.25) is 0 Å². The highest BCUT2D eigenvalue weighted by atomic mass is 16.4. The normalized spacial score (nSPS) is 15.1. The Bertz CT molecular complexity index is 3970. The molecule has 618 valence electrons.